The lowest BCUT2D eigenvalue weighted by molar-refractivity contribution is -0.140. The highest BCUT2D eigenvalue weighted by Gasteiger charge is 2.47. The second kappa shape index (κ2) is 3.07. The first-order valence-electron chi connectivity index (χ1n) is 4.97. The zero-order valence-electron chi connectivity index (χ0n) is 9.68. The fraction of sp³-hybridized carbons (Fsp3) is 0.818. The number of amides is 2. The summed E-state index contributed by atoms with van der Waals surface area (Å²) in [6.45, 7) is 8.17. The number of carbonyl (C=O) groups is 2. The molecular formula is C11H19NO2. The van der Waals surface area contributed by atoms with Crippen molar-refractivity contribution in [1.82, 2.24) is 4.90 Å². The van der Waals surface area contributed by atoms with Crippen LogP contribution < -0.4 is 0 Å². The van der Waals surface area contributed by atoms with Crippen molar-refractivity contribution in [3.8, 4) is 0 Å². The number of rotatable bonds is 1. The van der Waals surface area contributed by atoms with E-state index in [1.165, 1.54) is 4.90 Å². The fourth-order valence-corrected chi connectivity index (χ4v) is 2.35. The largest absolute Gasteiger partial charge is 0.285 e. The molecular weight excluding hydrogens is 178 g/mol. The maximum atomic E-state index is 11.8. The summed E-state index contributed by atoms with van der Waals surface area (Å²) < 4.78 is 0. The molecule has 1 aliphatic heterocycles. The molecule has 3 heteroatoms. The topological polar surface area (TPSA) is 37.4 Å². The second-order valence-electron chi connectivity index (χ2n) is 5.73. The van der Waals surface area contributed by atoms with E-state index in [1.807, 2.05) is 6.92 Å². The van der Waals surface area contributed by atoms with Crippen molar-refractivity contribution in [2.24, 2.45) is 10.8 Å². The van der Waals surface area contributed by atoms with Gasteiger partial charge in [-0.2, -0.15) is 0 Å². The Kier molecular flexibility index (Phi) is 2.46. The van der Waals surface area contributed by atoms with Gasteiger partial charge < -0.3 is 0 Å². The molecule has 0 bridgehead atoms. The van der Waals surface area contributed by atoms with Crippen LogP contribution in [0.4, 0.5) is 0 Å². The van der Waals surface area contributed by atoms with E-state index in [2.05, 4.69) is 20.8 Å². The molecule has 1 atom stereocenters. The van der Waals surface area contributed by atoms with Crippen LogP contribution in [0, 0.1) is 10.8 Å². The third kappa shape index (κ3) is 1.97. The van der Waals surface area contributed by atoms with Gasteiger partial charge in [0.1, 0.15) is 0 Å². The van der Waals surface area contributed by atoms with E-state index in [-0.39, 0.29) is 17.2 Å². The normalized spacial score (nSPS) is 28.8. The molecule has 14 heavy (non-hydrogen) atoms. The van der Waals surface area contributed by atoms with Crippen molar-refractivity contribution in [2.45, 2.75) is 40.5 Å². The van der Waals surface area contributed by atoms with Crippen LogP contribution in [-0.4, -0.2) is 23.8 Å². The van der Waals surface area contributed by atoms with Gasteiger partial charge in [0.05, 0.1) is 5.41 Å². The van der Waals surface area contributed by atoms with E-state index in [9.17, 15) is 9.59 Å². The number of imide groups is 1. The van der Waals surface area contributed by atoms with Gasteiger partial charge >= 0.3 is 0 Å². The van der Waals surface area contributed by atoms with E-state index in [1.54, 1.807) is 7.05 Å². The molecule has 1 fully saturated rings. The van der Waals surface area contributed by atoms with Crippen LogP contribution in [0.15, 0.2) is 0 Å². The first-order valence-corrected chi connectivity index (χ1v) is 4.97. The van der Waals surface area contributed by atoms with Gasteiger partial charge in [-0.15, -0.1) is 0 Å². The minimum Gasteiger partial charge on any atom is -0.285 e. The fourth-order valence-electron chi connectivity index (χ4n) is 2.35. The van der Waals surface area contributed by atoms with Gasteiger partial charge in [-0.05, 0) is 11.8 Å². The Morgan fingerprint density at radius 1 is 1.36 bits per heavy atom. The van der Waals surface area contributed by atoms with E-state index in [4.69, 9.17) is 0 Å². The Morgan fingerprint density at radius 2 is 1.86 bits per heavy atom. The monoisotopic (exact) mass is 197 g/mol. The zero-order valence-corrected chi connectivity index (χ0v) is 9.68. The summed E-state index contributed by atoms with van der Waals surface area (Å²) in [5.74, 6) is -0.0841. The predicted molar refractivity (Wildman–Crippen MR) is 54.6 cm³/mol. The minimum absolute atomic E-state index is 0.0302. The minimum atomic E-state index is -0.482. The van der Waals surface area contributed by atoms with Gasteiger partial charge in [0, 0.05) is 13.5 Å². The quantitative estimate of drug-likeness (QED) is 0.601. The molecule has 1 rings (SSSR count). The molecule has 0 aromatic carbocycles. The molecule has 0 aliphatic carbocycles. The van der Waals surface area contributed by atoms with Crippen LogP contribution in [-0.2, 0) is 9.59 Å². The molecule has 0 N–H and O–H groups in total. The molecule has 1 aliphatic rings. The highest BCUT2D eigenvalue weighted by molar-refractivity contribution is 6.05. The van der Waals surface area contributed by atoms with Crippen LogP contribution in [0.1, 0.15) is 40.5 Å². The second-order valence-corrected chi connectivity index (χ2v) is 5.73. The predicted octanol–water partition coefficient (Wildman–Crippen LogP) is 1.82. The molecule has 2 amide bonds. The third-order valence-corrected chi connectivity index (χ3v) is 2.66. The van der Waals surface area contributed by atoms with Crippen molar-refractivity contribution in [1.29, 1.82) is 0 Å². The summed E-state index contributed by atoms with van der Waals surface area (Å²) in [4.78, 5) is 24.5. The van der Waals surface area contributed by atoms with Crippen molar-refractivity contribution in [2.75, 3.05) is 7.05 Å². The Hall–Kier alpha value is -0.860. The number of hydrogen-bond acceptors (Lipinski definition) is 2. The number of nitrogens with zero attached hydrogens (tertiary/aromatic N) is 1. The Labute approximate surface area is 85.5 Å². The first-order chi connectivity index (χ1) is 6.16. The van der Waals surface area contributed by atoms with Crippen LogP contribution in [0.25, 0.3) is 0 Å². The lowest BCUT2D eigenvalue weighted by Crippen LogP contribution is -2.33. The molecule has 1 heterocycles. The highest BCUT2D eigenvalue weighted by atomic mass is 16.2. The summed E-state index contributed by atoms with van der Waals surface area (Å²) in [7, 11) is 1.57. The Bertz CT molecular complexity index is 278. The SMILES string of the molecule is CN1C(=O)CC(C)(CC(C)(C)C)C1=O. The summed E-state index contributed by atoms with van der Waals surface area (Å²) >= 11 is 0. The van der Waals surface area contributed by atoms with Crippen molar-refractivity contribution < 1.29 is 9.59 Å². The van der Waals surface area contributed by atoms with Crippen LogP contribution in [0.2, 0.25) is 0 Å². The smallest absolute Gasteiger partial charge is 0.235 e. The van der Waals surface area contributed by atoms with E-state index >= 15 is 0 Å². The molecule has 1 saturated heterocycles. The van der Waals surface area contributed by atoms with Gasteiger partial charge in [-0.25, -0.2) is 0 Å². The van der Waals surface area contributed by atoms with Crippen LogP contribution in [0.5, 0.6) is 0 Å². The van der Waals surface area contributed by atoms with Gasteiger partial charge in [0.2, 0.25) is 11.8 Å². The van der Waals surface area contributed by atoms with Gasteiger partial charge in [0.25, 0.3) is 0 Å². The molecule has 0 aromatic rings. The average molecular weight is 197 g/mol. The van der Waals surface area contributed by atoms with E-state index < -0.39 is 5.41 Å². The molecule has 0 aromatic heterocycles. The maximum Gasteiger partial charge on any atom is 0.235 e. The van der Waals surface area contributed by atoms with Crippen molar-refractivity contribution >= 4 is 11.8 Å². The summed E-state index contributed by atoms with van der Waals surface area (Å²) in [5, 5.41) is 0. The lowest BCUT2D eigenvalue weighted by atomic mass is 9.74. The third-order valence-electron chi connectivity index (χ3n) is 2.66. The standard InChI is InChI=1S/C11H19NO2/c1-10(2,3)7-11(4)6-8(13)12(5)9(11)14/h6-7H2,1-5H3. The Balaban J connectivity index is 2.87. The number of carbonyl (C=O) groups excluding carboxylic acids is 2. The average Bonchev–Trinajstić information content (AvgIpc) is 2.11. The number of hydrogen-bond donors (Lipinski definition) is 0. The van der Waals surface area contributed by atoms with Crippen LogP contribution in [0.3, 0.4) is 0 Å². The van der Waals surface area contributed by atoms with Crippen molar-refractivity contribution in [3.05, 3.63) is 0 Å². The number of likely N-dealkylation sites (tertiary alicyclic amines) is 1. The molecule has 0 radical (unpaired) electrons. The summed E-state index contributed by atoms with van der Waals surface area (Å²) in [5.41, 5.74) is -0.403. The first kappa shape index (κ1) is 11.2. The molecule has 3 nitrogen and oxygen atoms in total. The highest BCUT2D eigenvalue weighted by Crippen LogP contribution is 2.41. The molecule has 1 unspecified atom stereocenters. The molecule has 0 saturated carbocycles. The van der Waals surface area contributed by atoms with E-state index in [0.717, 1.165) is 6.42 Å². The Morgan fingerprint density at radius 3 is 2.14 bits per heavy atom. The summed E-state index contributed by atoms with van der Waals surface area (Å²) in [6, 6.07) is 0. The van der Waals surface area contributed by atoms with Gasteiger partial charge in [-0.3, -0.25) is 14.5 Å². The molecule has 0 spiro atoms. The summed E-state index contributed by atoms with van der Waals surface area (Å²) in [6.07, 6.45) is 1.12. The lowest BCUT2D eigenvalue weighted by Gasteiger charge is -2.29. The van der Waals surface area contributed by atoms with Crippen molar-refractivity contribution in [3.63, 3.8) is 0 Å². The van der Waals surface area contributed by atoms with Gasteiger partial charge in [0.15, 0.2) is 0 Å². The maximum absolute atomic E-state index is 11.8. The van der Waals surface area contributed by atoms with Gasteiger partial charge in [-0.1, -0.05) is 27.7 Å². The zero-order chi connectivity index (χ0) is 11.1. The van der Waals surface area contributed by atoms with E-state index in [0.29, 0.717) is 6.42 Å². The van der Waals surface area contributed by atoms with Crippen LogP contribution >= 0.6 is 0 Å². The molecule has 80 valence electrons.